The lowest BCUT2D eigenvalue weighted by atomic mass is 10.0. The first-order valence-corrected chi connectivity index (χ1v) is 7.04. The van der Waals surface area contributed by atoms with Crippen LogP contribution in [0, 0.1) is 0 Å². The molecule has 0 atom stereocenters. The Labute approximate surface area is 130 Å². The van der Waals surface area contributed by atoms with E-state index in [1.807, 2.05) is 42.5 Å². The summed E-state index contributed by atoms with van der Waals surface area (Å²) in [4.78, 5) is 4.46. The Balaban J connectivity index is 2.58. The minimum atomic E-state index is -1.57. The summed E-state index contributed by atoms with van der Waals surface area (Å²) in [5.41, 5.74) is 1.13. The molecule has 1 aromatic heterocycles. The molecule has 2 aromatic carbocycles. The minimum absolute atomic E-state index is 0.419. The Hall–Kier alpha value is -0.730. The second-order valence-corrected chi connectivity index (χ2v) is 6.83. The summed E-state index contributed by atoms with van der Waals surface area (Å²) in [6.07, 6.45) is 0. The average Bonchev–Trinajstić information content (AvgIpc) is 2.36. The topological polar surface area (TPSA) is 12.9 Å². The number of alkyl halides is 3. The van der Waals surface area contributed by atoms with Crippen LogP contribution in [0.15, 0.2) is 42.5 Å². The highest BCUT2D eigenvalue weighted by Crippen LogP contribution is 2.43. The van der Waals surface area contributed by atoms with E-state index in [2.05, 4.69) is 4.98 Å². The van der Waals surface area contributed by atoms with Crippen LogP contribution in [0.2, 0.25) is 5.02 Å². The number of rotatable bonds is 0. The van der Waals surface area contributed by atoms with E-state index in [-0.39, 0.29) is 0 Å². The van der Waals surface area contributed by atoms with Gasteiger partial charge in [0.2, 0.25) is 3.79 Å². The molecule has 0 aliphatic rings. The second-order valence-electron chi connectivity index (χ2n) is 4.14. The van der Waals surface area contributed by atoms with Gasteiger partial charge in [-0.05, 0) is 17.5 Å². The van der Waals surface area contributed by atoms with E-state index in [0.29, 0.717) is 16.2 Å². The molecule has 0 aliphatic heterocycles. The van der Waals surface area contributed by atoms with Gasteiger partial charge in [-0.15, -0.1) is 0 Å². The number of hydrogen-bond donors (Lipinski definition) is 0. The van der Waals surface area contributed by atoms with Crippen molar-refractivity contribution in [1.82, 2.24) is 4.98 Å². The molecule has 5 heteroatoms. The van der Waals surface area contributed by atoms with E-state index in [1.54, 1.807) is 0 Å². The van der Waals surface area contributed by atoms with Crippen LogP contribution >= 0.6 is 46.4 Å². The quantitative estimate of drug-likeness (QED) is 0.371. The van der Waals surface area contributed by atoms with Crippen molar-refractivity contribution in [3.05, 3.63) is 53.2 Å². The first-order chi connectivity index (χ1) is 8.98. The van der Waals surface area contributed by atoms with Gasteiger partial charge in [-0.3, -0.25) is 0 Å². The molecule has 0 amide bonds. The van der Waals surface area contributed by atoms with E-state index in [4.69, 9.17) is 46.4 Å². The molecule has 0 radical (unpaired) electrons. The monoisotopic (exact) mass is 329 g/mol. The third-order valence-electron chi connectivity index (χ3n) is 2.94. The molecule has 0 unspecified atom stereocenters. The first kappa shape index (κ1) is 13.3. The lowest BCUT2D eigenvalue weighted by Crippen LogP contribution is -2.05. The fraction of sp³-hybridized carbons (Fsp3) is 0.0714. The van der Waals surface area contributed by atoms with Gasteiger partial charge in [-0.2, -0.15) is 0 Å². The van der Waals surface area contributed by atoms with Crippen LogP contribution in [0.4, 0.5) is 0 Å². The van der Waals surface area contributed by atoms with Crippen molar-refractivity contribution < 1.29 is 0 Å². The predicted molar refractivity (Wildman–Crippen MR) is 83.5 cm³/mol. The van der Waals surface area contributed by atoms with Crippen molar-refractivity contribution in [2.75, 3.05) is 0 Å². The predicted octanol–water partition coefficient (Wildman–Crippen LogP) is 5.87. The summed E-state index contributed by atoms with van der Waals surface area (Å²) < 4.78 is -1.57. The van der Waals surface area contributed by atoms with E-state index in [0.717, 1.165) is 16.2 Å². The number of hydrogen-bond acceptors (Lipinski definition) is 1. The summed E-state index contributed by atoms with van der Waals surface area (Å²) in [6, 6.07) is 13.1. The van der Waals surface area contributed by atoms with Crippen LogP contribution in [-0.4, -0.2) is 4.98 Å². The molecule has 19 heavy (non-hydrogen) atoms. The third-order valence-corrected chi connectivity index (χ3v) is 3.80. The lowest BCUT2D eigenvalue weighted by molar-refractivity contribution is 1.14. The number of fused-ring (bicyclic) bond motifs is 3. The molecule has 0 N–H and O–H groups in total. The highest BCUT2D eigenvalue weighted by Gasteiger charge is 2.28. The van der Waals surface area contributed by atoms with Crippen LogP contribution in [0.1, 0.15) is 5.69 Å². The van der Waals surface area contributed by atoms with E-state index in [1.165, 1.54) is 0 Å². The van der Waals surface area contributed by atoms with Crippen molar-refractivity contribution in [3.8, 4) is 0 Å². The van der Waals surface area contributed by atoms with Crippen LogP contribution < -0.4 is 0 Å². The van der Waals surface area contributed by atoms with Crippen molar-refractivity contribution >= 4 is 68.1 Å². The molecule has 0 aliphatic carbocycles. The third kappa shape index (κ3) is 2.25. The van der Waals surface area contributed by atoms with Crippen molar-refractivity contribution in [1.29, 1.82) is 0 Å². The number of pyridine rings is 1. The largest absolute Gasteiger partial charge is 0.248 e. The first-order valence-electron chi connectivity index (χ1n) is 5.52. The zero-order chi connectivity index (χ0) is 13.6. The van der Waals surface area contributed by atoms with Crippen LogP contribution in [-0.2, 0) is 3.79 Å². The number of aromatic nitrogens is 1. The van der Waals surface area contributed by atoms with Gasteiger partial charge in [-0.1, -0.05) is 76.7 Å². The van der Waals surface area contributed by atoms with Gasteiger partial charge in [-0.25, -0.2) is 4.98 Å². The van der Waals surface area contributed by atoms with Gasteiger partial charge in [0.1, 0.15) is 5.69 Å². The number of benzene rings is 2. The highest BCUT2D eigenvalue weighted by atomic mass is 35.6. The van der Waals surface area contributed by atoms with Crippen LogP contribution in [0.3, 0.4) is 0 Å². The van der Waals surface area contributed by atoms with Crippen molar-refractivity contribution in [3.63, 3.8) is 0 Å². The van der Waals surface area contributed by atoms with E-state index < -0.39 is 3.79 Å². The second kappa shape index (κ2) is 4.68. The standard InChI is InChI=1S/C14H7Cl4N/c15-10-6-3-7-11-12(10)8-4-1-2-5-9(8)13(19-11)14(16,17)18/h1-7H. The summed E-state index contributed by atoms with van der Waals surface area (Å²) in [7, 11) is 0. The molecule has 0 fully saturated rings. The smallest absolute Gasteiger partial charge is 0.233 e. The van der Waals surface area contributed by atoms with Crippen LogP contribution in [0.5, 0.6) is 0 Å². The Kier molecular flexibility index (Phi) is 3.26. The molecule has 3 rings (SSSR count). The van der Waals surface area contributed by atoms with Crippen molar-refractivity contribution in [2.45, 2.75) is 3.79 Å². The molecule has 96 valence electrons. The molecule has 3 aromatic rings. The molecule has 0 saturated carbocycles. The van der Waals surface area contributed by atoms with Gasteiger partial charge in [0, 0.05) is 10.8 Å². The van der Waals surface area contributed by atoms with Gasteiger partial charge < -0.3 is 0 Å². The Morgan fingerprint density at radius 3 is 2.21 bits per heavy atom. The summed E-state index contributed by atoms with van der Waals surface area (Å²) >= 11 is 24.3. The van der Waals surface area contributed by atoms with E-state index >= 15 is 0 Å². The SMILES string of the molecule is Clc1cccc2nc(C(Cl)(Cl)Cl)c3ccccc3c12. The minimum Gasteiger partial charge on any atom is -0.248 e. The Morgan fingerprint density at radius 2 is 1.53 bits per heavy atom. The maximum Gasteiger partial charge on any atom is 0.233 e. The zero-order valence-electron chi connectivity index (χ0n) is 9.50. The Morgan fingerprint density at radius 1 is 0.842 bits per heavy atom. The lowest BCUT2D eigenvalue weighted by Gasteiger charge is -2.15. The van der Waals surface area contributed by atoms with Gasteiger partial charge in [0.25, 0.3) is 0 Å². The normalized spacial score (nSPS) is 12.2. The fourth-order valence-electron chi connectivity index (χ4n) is 2.18. The molecule has 1 nitrogen and oxygen atoms in total. The van der Waals surface area contributed by atoms with E-state index in [9.17, 15) is 0 Å². The van der Waals surface area contributed by atoms with Crippen molar-refractivity contribution in [2.24, 2.45) is 0 Å². The average molecular weight is 331 g/mol. The van der Waals surface area contributed by atoms with Gasteiger partial charge in [0.05, 0.1) is 10.5 Å². The van der Waals surface area contributed by atoms with Crippen LogP contribution in [0.25, 0.3) is 21.7 Å². The zero-order valence-corrected chi connectivity index (χ0v) is 12.5. The molecule has 1 heterocycles. The molecule has 0 bridgehead atoms. The fourth-order valence-corrected chi connectivity index (χ4v) is 2.88. The molecule has 0 saturated heterocycles. The Bertz CT molecular complexity index is 777. The molecular formula is C14H7Cl4N. The molecular weight excluding hydrogens is 324 g/mol. The summed E-state index contributed by atoms with van der Waals surface area (Å²) in [5, 5.41) is 3.23. The maximum atomic E-state index is 6.26. The highest BCUT2D eigenvalue weighted by molar-refractivity contribution is 6.67. The summed E-state index contributed by atoms with van der Waals surface area (Å²) in [6.45, 7) is 0. The summed E-state index contributed by atoms with van der Waals surface area (Å²) in [5.74, 6) is 0. The maximum absolute atomic E-state index is 6.26. The molecule has 0 spiro atoms. The van der Waals surface area contributed by atoms with Gasteiger partial charge >= 0.3 is 0 Å². The van der Waals surface area contributed by atoms with Gasteiger partial charge in [0.15, 0.2) is 0 Å². The number of nitrogens with zero attached hydrogens (tertiary/aromatic N) is 1. The number of halogens is 4.